The second-order valence-electron chi connectivity index (χ2n) is 7.87. The molecule has 1 aliphatic rings. The molecule has 168 valence electrons. The highest BCUT2D eigenvalue weighted by atomic mass is 32.2. The van der Waals surface area contributed by atoms with Crippen LogP contribution in [0.2, 0.25) is 0 Å². The van der Waals surface area contributed by atoms with E-state index in [0.29, 0.717) is 48.2 Å². The van der Waals surface area contributed by atoms with Crippen LogP contribution in [0.25, 0.3) is 0 Å². The molecule has 1 aromatic heterocycles. The highest BCUT2D eigenvalue weighted by Crippen LogP contribution is 2.30. The molecule has 0 bridgehead atoms. The Labute approximate surface area is 192 Å². The quantitative estimate of drug-likeness (QED) is 0.544. The van der Waals surface area contributed by atoms with Crippen LogP contribution in [0.4, 0.5) is 5.69 Å². The first-order valence-electron chi connectivity index (χ1n) is 10.6. The van der Waals surface area contributed by atoms with Crippen LogP contribution in [0.3, 0.4) is 0 Å². The molecule has 1 amide bonds. The SMILES string of the molecule is Cc1ccc(NC(=O)C2CCN(S(=O)(=O)c3cccs3)CC2)c(OCc2ccccc2)c1. The van der Waals surface area contributed by atoms with Gasteiger partial charge in [-0.25, -0.2) is 8.42 Å². The predicted molar refractivity (Wildman–Crippen MR) is 126 cm³/mol. The summed E-state index contributed by atoms with van der Waals surface area (Å²) in [6.45, 7) is 3.06. The molecule has 0 radical (unpaired) electrons. The molecule has 6 nitrogen and oxygen atoms in total. The predicted octanol–water partition coefficient (Wildman–Crippen LogP) is 4.67. The Morgan fingerprint density at radius 3 is 2.53 bits per heavy atom. The summed E-state index contributed by atoms with van der Waals surface area (Å²) in [7, 11) is -3.47. The Morgan fingerprint density at radius 2 is 1.84 bits per heavy atom. The highest BCUT2D eigenvalue weighted by molar-refractivity contribution is 7.91. The Hall–Kier alpha value is -2.68. The van der Waals surface area contributed by atoms with Gasteiger partial charge in [0.1, 0.15) is 16.6 Å². The average Bonchev–Trinajstić information content (AvgIpc) is 3.36. The number of carbonyl (C=O) groups excluding carboxylic acids is 1. The maximum absolute atomic E-state index is 12.9. The van der Waals surface area contributed by atoms with E-state index in [-0.39, 0.29) is 11.8 Å². The first-order valence-corrected chi connectivity index (χ1v) is 12.9. The zero-order valence-corrected chi connectivity index (χ0v) is 19.5. The summed E-state index contributed by atoms with van der Waals surface area (Å²) >= 11 is 1.22. The highest BCUT2D eigenvalue weighted by Gasteiger charge is 2.32. The molecule has 1 aliphatic heterocycles. The summed E-state index contributed by atoms with van der Waals surface area (Å²) in [6, 6.07) is 18.9. The van der Waals surface area contributed by atoms with Crippen molar-refractivity contribution in [2.75, 3.05) is 18.4 Å². The van der Waals surface area contributed by atoms with Crippen molar-refractivity contribution in [3.8, 4) is 5.75 Å². The van der Waals surface area contributed by atoms with Crippen LogP contribution < -0.4 is 10.1 Å². The lowest BCUT2D eigenvalue weighted by Crippen LogP contribution is -2.41. The molecular formula is C24H26N2O4S2. The monoisotopic (exact) mass is 470 g/mol. The van der Waals surface area contributed by atoms with E-state index < -0.39 is 10.0 Å². The van der Waals surface area contributed by atoms with Crippen molar-refractivity contribution in [3.05, 3.63) is 77.2 Å². The fraction of sp³-hybridized carbons (Fsp3) is 0.292. The van der Waals surface area contributed by atoms with E-state index in [2.05, 4.69) is 5.32 Å². The van der Waals surface area contributed by atoms with Crippen LogP contribution in [0, 0.1) is 12.8 Å². The minimum atomic E-state index is -3.47. The van der Waals surface area contributed by atoms with Gasteiger partial charge >= 0.3 is 0 Å². The van der Waals surface area contributed by atoms with Crippen molar-refractivity contribution >= 4 is 33.0 Å². The van der Waals surface area contributed by atoms with Crippen LogP contribution in [0.15, 0.2) is 70.3 Å². The number of sulfonamides is 1. The van der Waals surface area contributed by atoms with Crippen LogP contribution >= 0.6 is 11.3 Å². The number of nitrogens with zero attached hydrogens (tertiary/aromatic N) is 1. The van der Waals surface area contributed by atoms with Gasteiger partial charge in [-0.1, -0.05) is 42.5 Å². The van der Waals surface area contributed by atoms with Gasteiger partial charge in [-0.15, -0.1) is 11.3 Å². The second-order valence-corrected chi connectivity index (χ2v) is 11.0. The average molecular weight is 471 g/mol. The summed E-state index contributed by atoms with van der Waals surface area (Å²) in [5, 5.41) is 4.75. The van der Waals surface area contributed by atoms with Gasteiger partial charge in [0.05, 0.1) is 5.69 Å². The molecule has 1 N–H and O–H groups in total. The molecule has 4 rings (SSSR count). The lowest BCUT2D eigenvalue weighted by Gasteiger charge is -2.30. The molecular weight excluding hydrogens is 444 g/mol. The molecule has 0 saturated carbocycles. The van der Waals surface area contributed by atoms with Gasteiger partial charge in [-0.3, -0.25) is 4.79 Å². The fourth-order valence-electron chi connectivity index (χ4n) is 3.72. The van der Waals surface area contributed by atoms with Crippen LogP contribution in [-0.4, -0.2) is 31.7 Å². The number of benzene rings is 2. The van der Waals surface area contributed by atoms with Gasteiger partial charge < -0.3 is 10.1 Å². The summed E-state index contributed by atoms with van der Waals surface area (Å²) < 4.78 is 33.2. The lowest BCUT2D eigenvalue weighted by molar-refractivity contribution is -0.120. The van der Waals surface area contributed by atoms with Crippen LogP contribution in [0.1, 0.15) is 24.0 Å². The summed E-state index contributed by atoms with van der Waals surface area (Å²) in [6.07, 6.45) is 0.977. The normalized spacial score (nSPS) is 15.4. The molecule has 2 heterocycles. The van der Waals surface area contributed by atoms with Crippen LogP contribution in [-0.2, 0) is 21.4 Å². The number of thiophene rings is 1. The first kappa shape index (κ1) is 22.5. The number of aryl methyl sites for hydroxylation is 1. The minimum absolute atomic E-state index is 0.105. The van der Waals surface area contributed by atoms with Gasteiger partial charge in [-0.05, 0) is 54.5 Å². The Bertz CT molecular complexity index is 1150. The Morgan fingerprint density at radius 1 is 1.09 bits per heavy atom. The van der Waals surface area contributed by atoms with E-state index >= 15 is 0 Å². The minimum Gasteiger partial charge on any atom is -0.487 e. The maximum atomic E-state index is 12.9. The van der Waals surface area contributed by atoms with E-state index in [1.807, 2.05) is 55.5 Å². The van der Waals surface area contributed by atoms with E-state index in [1.54, 1.807) is 17.5 Å². The largest absolute Gasteiger partial charge is 0.487 e. The van der Waals surface area contributed by atoms with Gasteiger partial charge in [0.2, 0.25) is 5.91 Å². The smallest absolute Gasteiger partial charge is 0.252 e. The molecule has 8 heteroatoms. The number of ether oxygens (including phenoxy) is 1. The molecule has 1 saturated heterocycles. The number of rotatable bonds is 7. The van der Waals surface area contributed by atoms with E-state index in [0.717, 1.165) is 11.1 Å². The lowest BCUT2D eigenvalue weighted by atomic mass is 9.97. The van der Waals surface area contributed by atoms with Gasteiger partial charge in [-0.2, -0.15) is 4.31 Å². The fourth-order valence-corrected chi connectivity index (χ4v) is 6.33. The number of carbonyl (C=O) groups is 1. The molecule has 32 heavy (non-hydrogen) atoms. The van der Waals surface area contributed by atoms with Crippen molar-refractivity contribution in [3.63, 3.8) is 0 Å². The molecule has 2 aromatic carbocycles. The van der Waals surface area contributed by atoms with Crippen molar-refractivity contribution in [2.24, 2.45) is 5.92 Å². The number of hydrogen-bond donors (Lipinski definition) is 1. The number of amides is 1. The first-order chi connectivity index (χ1) is 15.4. The summed E-state index contributed by atoms with van der Waals surface area (Å²) in [5.74, 6) is 0.277. The molecule has 0 aliphatic carbocycles. The molecule has 0 atom stereocenters. The van der Waals surface area contributed by atoms with Gasteiger partial charge in [0, 0.05) is 19.0 Å². The third-order valence-electron chi connectivity index (χ3n) is 5.55. The van der Waals surface area contributed by atoms with E-state index in [1.165, 1.54) is 15.6 Å². The summed E-state index contributed by atoms with van der Waals surface area (Å²) in [5.41, 5.74) is 2.72. The van der Waals surface area contributed by atoms with Crippen LogP contribution in [0.5, 0.6) is 5.75 Å². The zero-order valence-electron chi connectivity index (χ0n) is 17.9. The Kier molecular flexibility index (Phi) is 6.93. The molecule has 1 fully saturated rings. The molecule has 3 aromatic rings. The third kappa shape index (κ3) is 5.20. The van der Waals surface area contributed by atoms with E-state index in [9.17, 15) is 13.2 Å². The second kappa shape index (κ2) is 9.85. The summed E-state index contributed by atoms with van der Waals surface area (Å²) in [4.78, 5) is 12.9. The van der Waals surface area contributed by atoms with Gasteiger partial charge in [0.25, 0.3) is 10.0 Å². The number of anilines is 1. The van der Waals surface area contributed by atoms with Crippen molar-refractivity contribution in [1.29, 1.82) is 0 Å². The van der Waals surface area contributed by atoms with Crippen molar-refractivity contribution in [1.82, 2.24) is 4.31 Å². The Balaban J connectivity index is 1.38. The number of hydrogen-bond acceptors (Lipinski definition) is 5. The standard InChI is InChI=1S/C24H26N2O4S2/c1-18-9-10-21(22(16-18)30-17-19-6-3-2-4-7-19)25-24(27)20-11-13-26(14-12-20)32(28,29)23-8-5-15-31-23/h2-10,15-16,20H,11-14,17H2,1H3,(H,25,27). The maximum Gasteiger partial charge on any atom is 0.252 e. The van der Waals surface area contributed by atoms with Crippen molar-refractivity contribution < 1.29 is 17.9 Å². The zero-order chi connectivity index (χ0) is 22.6. The van der Waals surface area contributed by atoms with Gasteiger partial charge in [0.15, 0.2) is 0 Å². The van der Waals surface area contributed by atoms with E-state index in [4.69, 9.17) is 4.74 Å². The topological polar surface area (TPSA) is 75.7 Å². The molecule has 0 unspecified atom stereocenters. The number of nitrogens with one attached hydrogen (secondary N) is 1. The third-order valence-corrected chi connectivity index (χ3v) is 8.82. The van der Waals surface area contributed by atoms with Crippen molar-refractivity contribution in [2.45, 2.75) is 30.6 Å². The number of piperidine rings is 1. The molecule has 0 spiro atoms.